The van der Waals surface area contributed by atoms with Crippen molar-refractivity contribution < 1.29 is 23.1 Å². The molecule has 1 aliphatic carbocycles. The van der Waals surface area contributed by atoms with E-state index in [1.807, 2.05) is 6.21 Å². The monoisotopic (exact) mass is 429 g/mol. The number of amides is 1. The van der Waals surface area contributed by atoms with Crippen molar-refractivity contribution in [3.05, 3.63) is 42.1 Å². The van der Waals surface area contributed by atoms with Crippen molar-refractivity contribution in [2.75, 3.05) is 19.7 Å². The Bertz CT molecular complexity index is 943. The Hall–Kier alpha value is -2.90. The number of likely N-dealkylation sites (tertiary alicyclic amines) is 1. The second-order valence-corrected chi connectivity index (χ2v) is 8.41. The Morgan fingerprint density at radius 3 is 2.52 bits per heavy atom. The fraction of sp³-hybridized carbons (Fsp3) is 0.478. The molecule has 0 radical (unpaired) electrons. The zero-order valence-corrected chi connectivity index (χ0v) is 17.3. The molecule has 1 amide bonds. The van der Waals surface area contributed by atoms with Crippen LogP contribution in [0.3, 0.4) is 0 Å². The number of aliphatic imine (C=N–C) groups is 2. The number of benzene rings is 1. The van der Waals surface area contributed by atoms with Crippen LogP contribution in [0, 0.1) is 5.41 Å². The summed E-state index contributed by atoms with van der Waals surface area (Å²) >= 11 is 0. The third-order valence-corrected chi connectivity index (χ3v) is 6.20. The lowest BCUT2D eigenvalue weighted by Crippen LogP contribution is -2.41. The molecule has 6 nitrogen and oxygen atoms in total. The molecule has 164 valence electrons. The molecule has 31 heavy (non-hydrogen) atoms. The van der Waals surface area contributed by atoms with Gasteiger partial charge in [0.25, 0.3) is 0 Å². The number of carbonyl (C=O) groups excluding carboxylic acids is 2. The zero-order chi connectivity index (χ0) is 22.1. The Morgan fingerprint density at radius 1 is 1.16 bits per heavy atom. The standard InChI is InChI=1S/C23H25F2N3O3/c1-16-13-22(7-9-23(24,25)10-8-22)21(30)28(16)14-19(29)17-3-5-18(6-4-17)31-15-20-26-11-2-12-27-20/h3-6,11H,1-2,7-10,12-15H2. The lowest BCUT2D eigenvalue weighted by molar-refractivity contribution is -0.141. The molecule has 0 aromatic heterocycles. The van der Waals surface area contributed by atoms with E-state index in [-0.39, 0.29) is 50.5 Å². The van der Waals surface area contributed by atoms with E-state index in [4.69, 9.17) is 4.74 Å². The van der Waals surface area contributed by atoms with Gasteiger partial charge in [-0.3, -0.25) is 14.6 Å². The second kappa shape index (κ2) is 8.32. The highest BCUT2D eigenvalue weighted by Gasteiger charge is 2.53. The van der Waals surface area contributed by atoms with Crippen molar-refractivity contribution in [1.29, 1.82) is 0 Å². The molecule has 2 fully saturated rings. The number of Topliss-reactive ketones (excluding diaryl/α,β-unsaturated/α-hetero) is 1. The predicted octanol–water partition coefficient (Wildman–Crippen LogP) is 4.06. The molecule has 2 heterocycles. The lowest BCUT2D eigenvalue weighted by Gasteiger charge is -2.35. The topological polar surface area (TPSA) is 71.3 Å². The normalized spacial score (nSPS) is 22.0. The first-order valence-electron chi connectivity index (χ1n) is 10.5. The summed E-state index contributed by atoms with van der Waals surface area (Å²) in [4.78, 5) is 35.5. The van der Waals surface area contributed by atoms with Crippen LogP contribution in [0.25, 0.3) is 0 Å². The van der Waals surface area contributed by atoms with Gasteiger partial charge in [-0.1, -0.05) is 6.58 Å². The van der Waals surface area contributed by atoms with E-state index >= 15 is 0 Å². The van der Waals surface area contributed by atoms with Crippen LogP contribution >= 0.6 is 0 Å². The number of hydrogen-bond donors (Lipinski definition) is 0. The van der Waals surface area contributed by atoms with Crippen molar-refractivity contribution in [3.63, 3.8) is 0 Å². The number of halogens is 2. The number of rotatable bonds is 6. The molecule has 0 bridgehead atoms. The van der Waals surface area contributed by atoms with Gasteiger partial charge in [0.2, 0.25) is 11.8 Å². The average Bonchev–Trinajstić information content (AvgIpc) is 3.00. The minimum absolute atomic E-state index is 0.129. The molecule has 4 rings (SSSR count). The predicted molar refractivity (Wildman–Crippen MR) is 113 cm³/mol. The summed E-state index contributed by atoms with van der Waals surface area (Å²) in [6, 6.07) is 6.66. The molecule has 1 saturated heterocycles. The minimum atomic E-state index is -2.71. The lowest BCUT2D eigenvalue weighted by atomic mass is 9.71. The van der Waals surface area contributed by atoms with Gasteiger partial charge >= 0.3 is 0 Å². The largest absolute Gasteiger partial charge is 0.486 e. The van der Waals surface area contributed by atoms with Crippen LogP contribution in [0.15, 0.2) is 46.5 Å². The van der Waals surface area contributed by atoms with Gasteiger partial charge in [0, 0.05) is 49.7 Å². The van der Waals surface area contributed by atoms with Crippen LogP contribution in [0.4, 0.5) is 8.78 Å². The molecule has 2 aliphatic heterocycles. The van der Waals surface area contributed by atoms with Crippen molar-refractivity contribution in [1.82, 2.24) is 4.90 Å². The number of alkyl halides is 2. The molecule has 1 spiro atoms. The first kappa shape index (κ1) is 21.3. The third-order valence-electron chi connectivity index (χ3n) is 6.20. The summed E-state index contributed by atoms with van der Waals surface area (Å²) < 4.78 is 32.8. The van der Waals surface area contributed by atoms with Gasteiger partial charge in [0.15, 0.2) is 11.6 Å². The van der Waals surface area contributed by atoms with Gasteiger partial charge in [0.05, 0.1) is 12.0 Å². The van der Waals surface area contributed by atoms with E-state index in [1.54, 1.807) is 24.3 Å². The number of amidine groups is 1. The van der Waals surface area contributed by atoms with Gasteiger partial charge < -0.3 is 9.64 Å². The molecular formula is C23H25F2N3O3. The van der Waals surface area contributed by atoms with Crippen LogP contribution in [0.2, 0.25) is 0 Å². The van der Waals surface area contributed by atoms with E-state index < -0.39 is 11.3 Å². The van der Waals surface area contributed by atoms with Crippen molar-refractivity contribution in [3.8, 4) is 5.75 Å². The Balaban J connectivity index is 1.35. The van der Waals surface area contributed by atoms with Crippen LogP contribution in [0.5, 0.6) is 5.75 Å². The molecule has 3 aliphatic rings. The van der Waals surface area contributed by atoms with Crippen LogP contribution < -0.4 is 4.74 Å². The SMILES string of the molecule is C=C1CC2(CCC(F)(F)CC2)C(=O)N1CC(=O)c1ccc(OCC2=NCCC=N2)cc1. The van der Waals surface area contributed by atoms with E-state index in [2.05, 4.69) is 16.6 Å². The molecule has 0 unspecified atom stereocenters. The quantitative estimate of drug-likeness (QED) is 0.640. The van der Waals surface area contributed by atoms with Gasteiger partial charge in [-0.25, -0.2) is 13.8 Å². The summed E-state index contributed by atoms with van der Waals surface area (Å²) in [5.41, 5.74) is 0.135. The number of ketones is 1. The molecule has 1 aromatic rings. The second-order valence-electron chi connectivity index (χ2n) is 8.41. The summed E-state index contributed by atoms with van der Waals surface area (Å²) in [6.07, 6.45) is 2.64. The molecule has 1 aromatic carbocycles. The first-order valence-corrected chi connectivity index (χ1v) is 10.5. The van der Waals surface area contributed by atoms with Gasteiger partial charge in [-0.2, -0.15) is 0 Å². The van der Waals surface area contributed by atoms with Gasteiger partial charge in [-0.15, -0.1) is 0 Å². The fourth-order valence-electron chi connectivity index (χ4n) is 4.32. The highest BCUT2D eigenvalue weighted by Crippen LogP contribution is 2.51. The van der Waals surface area contributed by atoms with E-state index in [9.17, 15) is 18.4 Å². The van der Waals surface area contributed by atoms with E-state index in [0.717, 1.165) is 6.42 Å². The Kier molecular flexibility index (Phi) is 5.73. The van der Waals surface area contributed by atoms with Crippen LogP contribution in [-0.2, 0) is 4.79 Å². The maximum atomic E-state index is 13.6. The highest BCUT2D eigenvalue weighted by atomic mass is 19.3. The Labute approximate surface area is 179 Å². The smallest absolute Gasteiger partial charge is 0.248 e. The van der Waals surface area contributed by atoms with Crippen molar-refractivity contribution in [2.24, 2.45) is 15.4 Å². The number of nitrogens with zero attached hydrogens (tertiary/aromatic N) is 3. The summed E-state index contributed by atoms with van der Waals surface area (Å²) in [6.45, 7) is 4.75. The average molecular weight is 429 g/mol. The number of ether oxygens (including phenoxy) is 1. The van der Waals surface area contributed by atoms with Gasteiger partial charge in [0.1, 0.15) is 12.4 Å². The molecule has 8 heteroatoms. The number of hydrogen-bond acceptors (Lipinski definition) is 5. The highest BCUT2D eigenvalue weighted by molar-refractivity contribution is 6.01. The van der Waals surface area contributed by atoms with Crippen molar-refractivity contribution >= 4 is 23.7 Å². The maximum absolute atomic E-state index is 13.6. The van der Waals surface area contributed by atoms with Crippen molar-refractivity contribution in [2.45, 2.75) is 44.4 Å². The molecule has 0 N–H and O–H groups in total. The molecule has 0 atom stereocenters. The Morgan fingerprint density at radius 2 is 1.87 bits per heavy atom. The summed E-state index contributed by atoms with van der Waals surface area (Å²) in [5.74, 6) is -1.98. The number of carbonyl (C=O) groups is 2. The van der Waals surface area contributed by atoms with Crippen LogP contribution in [0.1, 0.15) is 48.9 Å². The summed E-state index contributed by atoms with van der Waals surface area (Å²) in [5, 5.41) is 0. The fourth-order valence-corrected chi connectivity index (χ4v) is 4.32. The van der Waals surface area contributed by atoms with E-state index in [0.29, 0.717) is 35.8 Å². The van der Waals surface area contributed by atoms with Gasteiger partial charge in [-0.05, 0) is 37.1 Å². The molecule has 1 saturated carbocycles. The first-order chi connectivity index (χ1) is 14.8. The maximum Gasteiger partial charge on any atom is 0.248 e. The third kappa shape index (κ3) is 4.57. The van der Waals surface area contributed by atoms with E-state index in [1.165, 1.54) is 4.90 Å². The number of allylic oxidation sites excluding steroid dienone is 1. The zero-order valence-electron chi connectivity index (χ0n) is 17.3. The summed E-state index contributed by atoms with van der Waals surface area (Å²) in [7, 11) is 0. The van der Waals surface area contributed by atoms with Crippen LogP contribution in [-0.4, -0.2) is 54.3 Å². The molecular weight excluding hydrogens is 404 g/mol. The minimum Gasteiger partial charge on any atom is -0.486 e.